The van der Waals surface area contributed by atoms with Gasteiger partial charge in [-0.25, -0.2) is 0 Å². The largest absolute Gasteiger partial charge is 0.493 e. The summed E-state index contributed by atoms with van der Waals surface area (Å²) in [5, 5.41) is 0. The molecule has 1 aromatic carbocycles. The van der Waals surface area contributed by atoms with Crippen molar-refractivity contribution >= 4 is 27.8 Å². The normalized spacial score (nSPS) is 15.0. The van der Waals surface area contributed by atoms with Gasteiger partial charge in [-0.15, -0.1) is 0 Å². The number of carbonyl (C=O) groups is 2. The van der Waals surface area contributed by atoms with E-state index in [2.05, 4.69) is 15.9 Å². The summed E-state index contributed by atoms with van der Waals surface area (Å²) in [4.78, 5) is 26.4. The SMILES string of the molecule is CCOC(=O)C1CCN(C(=O)c2cc(Br)c(OCC)c(OC)c2)CC1. The number of ether oxygens (including phenoxy) is 3. The zero-order chi connectivity index (χ0) is 18.4. The van der Waals surface area contributed by atoms with Crippen LogP contribution in [0.5, 0.6) is 11.5 Å². The van der Waals surface area contributed by atoms with Gasteiger partial charge in [0, 0.05) is 18.7 Å². The molecule has 1 saturated heterocycles. The monoisotopic (exact) mass is 413 g/mol. The highest BCUT2D eigenvalue weighted by Gasteiger charge is 2.29. The fourth-order valence-electron chi connectivity index (χ4n) is 2.89. The van der Waals surface area contributed by atoms with Crippen molar-refractivity contribution in [2.24, 2.45) is 5.92 Å². The van der Waals surface area contributed by atoms with Gasteiger partial charge in [0.25, 0.3) is 5.91 Å². The van der Waals surface area contributed by atoms with Gasteiger partial charge in [0.15, 0.2) is 11.5 Å². The number of benzene rings is 1. The molecule has 138 valence electrons. The van der Waals surface area contributed by atoms with E-state index in [0.29, 0.717) is 60.7 Å². The predicted molar refractivity (Wildman–Crippen MR) is 97.1 cm³/mol. The van der Waals surface area contributed by atoms with Gasteiger partial charge in [0.1, 0.15) is 0 Å². The Bertz CT molecular complexity index is 626. The van der Waals surface area contributed by atoms with Crippen LogP contribution < -0.4 is 9.47 Å². The summed E-state index contributed by atoms with van der Waals surface area (Å²) in [6, 6.07) is 3.43. The molecule has 1 aliphatic rings. The van der Waals surface area contributed by atoms with Gasteiger partial charge in [-0.1, -0.05) is 0 Å². The van der Waals surface area contributed by atoms with Crippen LogP contribution in [0, 0.1) is 5.92 Å². The number of methoxy groups -OCH3 is 1. The number of hydrogen-bond acceptors (Lipinski definition) is 5. The molecule has 6 nitrogen and oxygen atoms in total. The molecule has 7 heteroatoms. The maximum Gasteiger partial charge on any atom is 0.309 e. The van der Waals surface area contributed by atoms with Crippen molar-refractivity contribution in [3.8, 4) is 11.5 Å². The van der Waals surface area contributed by atoms with Crippen molar-refractivity contribution < 1.29 is 23.8 Å². The maximum atomic E-state index is 12.8. The van der Waals surface area contributed by atoms with Crippen molar-refractivity contribution in [1.29, 1.82) is 0 Å². The van der Waals surface area contributed by atoms with E-state index in [-0.39, 0.29) is 17.8 Å². The molecule has 0 unspecified atom stereocenters. The maximum absolute atomic E-state index is 12.8. The van der Waals surface area contributed by atoms with Crippen LogP contribution in [0.25, 0.3) is 0 Å². The molecule has 1 aliphatic heterocycles. The number of esters is 1. The lowest BCUT2D eigenvalue weighted by Crippen LogP contribution is -2.40. The molecule has 0 atom stereocenters. The second-order valence-electron chi connectivity index (χ2n) is 5.74. The van der Waals surface area contributed by atoms with E-state index in [0.717, 1.165) is 0 Å². The average Bonchev–Trinajstić information content (AvgIpc) is 2.63. The molecule has 25 heavy (non-hydrogen) atoms. The molecule has 0 spiro atoms. The number of piperidine rings is 1. The highest BCUT2D eigenvalue weighted by Crippen LogP contribution is 2.37. The second kappa shape index (κ2) is 9.08. The van der Waals surface area contributed by atoms with Crippen LogP contribution in [0.15, 0.2) is 16.6 Å². The molecule has 0 saturated carbocycles. The summed E-state index contributed by atoms with van der Waals surface area (Å²) in [7, 11) is 1.55. The molecule has 0 N–H and O–H groups in total. The fraction of sp³-hybridized carbons (Fsp3) is 0.556. The van der Waals surface area contributed by atoms with Gasteiger partial charge >= 0.3 is 5.97 Å². The Labute approximate surface area is 156 Å². The van der Waals surface area contributed by atoms with Gasteiger partial charge in [-0.3, -0.25) is 9.59 Å². The molecule has 2 rings (SSSR count). The Morgan fingerprint density at radius 2 is 1.88 bits per heavy atom. The zero-order valence-corrected chi connectivity index (χ0v) is 16.4. The van der Waals surface area contributed by atoms with Crippen molar-refractivity contribution in [3.63, 3.8) is 0 Å². The first kappa shape index (κ1) is 19.6. The van der Waals surface area contributed by atoms with E-state index in [1.54, 1.807) is 31.1 Å². The van der Waals surface area contributed by atoms with E-state index < -0.39 is 0 Å². The Morgan fingerprint density at radius 3 is 2.44 bits per heavy atom. The van der Waals surface area contributed by atoms with Crippen LogP contribution in [0.4, 0.5) is 0 Å². The Morgan fingerprint density at radius 1 is 1.20 bits per heavy atom. The Kier molecular flexibility index (Phi) is 7.11. The van der Waals surface area contributed by atoms with Crippen molar-refractivity contribution in [1.82, 2.24) is 4.90 Å². The van der Waals surface area contributed by atoms with Gasteiger partial charge in [-0.05, 0) is 54.8 Å². The number of nitrogens with zero attached hydrogens (tertiary/aromatic N) is 1. The van der Waals surface area contributed by atoms with Crippen LogP contribution in [0.3, 0.4) is 0 Å². The third-order valence-corrected chi connectivity index (χ3v) is 4.76. The fourth-order valence-corrected chi connectivity index (χ4v) is 3.45. The minimum absolute atomic E-state index is 0.0793. The summed E-state index contributed by atoms with van der Waals surface area (Å²) < 4.78 is 16.6. The second-order valence-corrected chi connectivity index (χ2v) is 6.60. The van der Waals surface area contributed by atoms with E-state index >= 15 is 0 Å². The van der Waals surface area contributed by atoms with E-state index in [1.165, 1.54) is 0 Å². The lowest BCUT2D eigenvalue weighted by molar-refractivity contribution is -0.149. The first-order valence-electron chi connectivity index (χ1n) is 8.48. The molecule has 0 radical (unpaired) electrons. The van der Waals surface area contributed by atoms with E-state index in [4.69, 9.17) is 14.2 Å². The highest BCUT2D eigenvalue weighted by atomic mass is 79.9. The first-order valence-corrected chi connectivity index (χ1v) is 9.27. The predicted octanol–water partition coefficient (Wildman–Crippen LogP) is 3.27. The molecule has 1 aromatic rings. The summed E-state index contributed by atoms with van der Waals surface area (Å²) in [6.45, 7) is 5.65. The van der Waals surface area contributed by atoms with Crippen LogP contribution in [-0.4, -0.2) is 50.2 Å². The molecule has 0 aliphatic carbocycles. The molecular weight excluding hydrogens is 390 g/mol. The number of halogens is 1. The molecule has 1 fully saturated rings. The molecule has 1 heterocycles. The summed E-state index contributed by atoms with van der Waals surface area (Å²) >= 11 is 3.44. The molecular formula is C18H24BrNO5. The standard InChI is InChI=1S/C18H24BrNO5/c1-4-24-16-14(19)10-13(11-15(16)23-3)17(21)20-8-6-12(7-9-20)18(22)25-5-2/h10-12H,4-9H2,1-3H3. The minimum Gasteiger partial charge on any atom is -0.493 e. The Balaban J connectivity index is 2.09. The van der Waals surface area contributed by atoms with Crippen molar-refractivity contribution in [2.75, 3.05) is 33.4 Å². The lowest BCUT2D eigenvalue weighted by Gasteiger charge is -2.31. The van der Waals surface area contributed by atoms with E-state index in [1.807, 2.05) is 6.92 Å². The number of amides is 1. The molecule has 0 aromatic heterocycles. The van der Waals surface area contributed by atoms with Crippen LogP contribution in [-0.2, 0) is 9.53 Å². The molecule has 0 bridgehead atoms. The number of likely N-dealkylation sites (tertiary alicyclic amines) is 1. The third kappa shape index (κ3) is 4.66. The number of hydrogen-bond donors (Lipinski definition) is 0. The quantitative estimate of drug-likeness (QED) is 0.669. The van der Waals surface area contributed by atoms with Gasteiger partial charge in [-0.2, -0.15) is 0 Å². The topological polar surface area (TPSA) is 65.1 Å². The van der Waals surface area contributed by atoms with E-state index in [9.17, 15) is 9.59 Å². The minimum atomic E-state index is -0.167. The summed E-state index contributed by atoms with van der Waals surface area (Å²) in [6.07, 6.45) is 1.25. The van der Waals surface area contributed by atoms with Gasteiger partial charge in [0.2, 0.25) is 0 Å². The first-order chi connectivity index (χ1) is 12.0. The number of carbonyl (C=O) groups excluding carboxylic acids is 2. The summed E-state index contributed by atoms with van der Waals surface area (Å²) in [5.41, 5.74) is 0.529. The highest BCUT2D eigenvalue weighted by molar-refractivity contribution is 9.10. The van der Waals surface area contributed by atoms with Gasteiger partial charge in [0.05, 0.1) is 30.7 Å². The van der Waals surface area contributed by atoms with Crippen molar-refractivity contribution in [3.05, 3.63) is 22.2 Å². The lowest BCUT2D eigenvalue weighted by atomic mass is 9.96. The Hall–Kier alpha value is -1.76. The number of rotatable bonds is 6. The third-order valence-electron chi connectivity index (χ3n) is 4.17. The average molecular weight is 414 g/mol. The zero-order valence-electron chi connectivity index (χ0n) is 14.8. The van der Waals surface area contributed by atoms with Gasteiger partial charge < -0.3 is 19.1 Å². The smallest absolute Gasteiger partial charge is 0.309 e. The van der Waals surface area contributed by atoms with Crippen molar-refractivity contribution in [2.45, 2.75) is 26.7 Å². The van der Waals surface area contributed by atoms with Crippen LogP contribution in [0.2, 0.25) is 0 Å². The molecule has 1 amide bonds. The summed E-state index contributed by atoms with van der Waals surface area (Å²) in [5.74, 6) is 0.735. The van der Waals surface area contributed by atoms with Crippen LogP contribution >= 0.6 is 15.9 Å². The van der Waals surface area contributed by atoms with Crippen LogP contribution in [0.1, 0.15) is 37.0 Å².